The number of allylic oxidation sites excluding steroid dienone is 1. The number of hydrogen-bond donors (Lipinski definition) is 2. The van der Waals surface area contributed by atoms with Crippen LogP contribution >= 0.6 is 0 Å². The Balaban J connectivity index is 1.75. The average molecular weight is 566 g/mol. The number of carbonyl (C=O) groups is 1. The summed E-state index contributed by atoms with van der Waals surface area (Å²) in [7, 11) is 0. The molecular formula is C35H55N3O3. The summed E-state index contributed by atoms with van der Waals surface area (Å²) < 4.78 is 5.95. The normalized spacial score (nSPS) is 13.0. The predicted octanol–water partition coefficient (Wildman–Crippen LogP) is 8.34. The van der Waals surface area contributed by atoms with Crippen LogP contribution in [0.5, 0.6) is 0 Å². The summed E-state index contributed by atoms with van der Waals surface area (Å²) in [5.74, 6) is -0.0415. The Labute approximate surface area is 249 Å². The summed E-state index contributed by atoms with van der Waals surface area (Å²) in [6.45, 7) is 4.88. The largest absolute Gasteiger partial charge is 0.387 e. The van der Waals surface area contributed by atoms with Crippen LogP contribution in [0.2, 0.25) is 0 Å². The molecule has 228 valence electrons. The van der Waals surface area contributed by atoms with Crippen LogP contribution in [0.15, 0.2) is 54.7 Å². The van der Waals surface area contributed by atoms with Crippen molar-refractivity contribution < 1.29 is 14.6 Å². The van der Waals surface area contributed by atoms with Gasteiger partial charge >= 0.3 is 0 Å². The van der Waals surface area contributed by atoms with Gasteiger partial charge in [-0.25, -0.2) is 4.98 Å². The number of pyridine rings is 2. The molecule has 0 radical (unpaired) electrons. The maximum Gasteiger partial charge on any atom is 0.220 e. The molecule has 0 bridgehead atoms. The van der Waals surface area contributed by atoms with Gasteiger partial charge in [-0.2, -0.15) is 0 Å². The Bertz CT molecular complexity index is 951. The number of nitrogens with one attached hydrogen (secondary N) is 1. The minimum absolute atomic E-state index is 0.0415. The lowest BCUT2D eigenvalue weighted by atomic mass is 10.0. The van der Waals surface area contributed by atoms with Gasteiger partial charge in [0.15, 0.2) is 0 Å². The highest BCUT2D eigenvalue weighted by Gasteiger charge is 2.19. The fourth-order valence-electron chi connectivity index (χ4n) is 4.84. The molecule has 2 N–H and O–H groups in total. The van der Waals surface area contributed by atoms with Gasteiger partial charge in [0.25, 0.3) is 0 Å². The van der Waals surface area contributed by atoms with Crippen LogP contribution in [0.3, 0.4) is 0 Å². The molecule has 6 nitrogen and oxygen atoms in total. The predicted molar refractivity (Wildman–Crippen MR) is 169 cm³/mol. The van der Waals surface area contributed by atoms with Crippen molar-refractivity contribution in [2.24, 2.45) is 0 Å². The number of amides is 1. The Morgan fingerprint density at radius 2 is 1.51 bits per heavy atom. The maximum atomic E-state index is 12.5. The molecule has 1 unspecified atom stereocenters. The van der Waals surface area contributed by atoms with Crippen molar-refractivity contribution in [2.45, 2.75) is 135 Å². The van der Waals surface area contributed by atoms with Crippen molar-refractivity contribution >= 4 is 5.91 Å². The van der Waals surface area contributed by atoms with Crippen LogP contribution in [-0.4, -0.2) is 39.7 Å². The first-order valence-electron chi connectivity index (χ1n) is 16.2. The quantitative estimate of drug-likeness (QED) is 0.0987. The number of aliphatic hydroxyl groups excluding tert-OH is 1. The van der Waals surface area contributed by atoms with Crippen LogP contribution in [0, 0.1) is 0 Å². The number of aliphatic hydroxyl groups is 1. The minimum Gasteiger partial charge on any atom is -0.387 e. The maximum absolute atomic E-state index is 12.5. The zero-order valence-corrected chi connectivity index (χ0v) is 25.7. The molecule has 0 aliphatic rings. The summed E-state index contributed by atoms with van der Waals surface area (Å²) in [5.41, 5.74) is 2.38. The number of aromatic nitrogens is 2. The van der Waals surface area contributed by atoms with Gasteiger partial charge < -0.3 is 15.2 Å². The first-order valence-corrected chi connectivity index (χ1v) is 16.2. The van der Waals surface area contributed by atoms with E-state index in [0.717, 1.165) is 49.2 Å². The molecule has 0 fully saturated rings. The van der Waals surface area contributed by atoms with Gasteiger partial charge in [-0.1, -0.05) is 115 Å². The molecule has 2 heterocycles. The summed E-state index contributed by atoms with van der Waals surface area (Å²) >= 11 is 0. The van der Waals surface area contributed by atoms with Gasteiger partial charge in [0.05, 0.1) is 42.4 Å². The smallest absolute Gasteiger partial charge is 0.220 e. The summed E-state index contributed by atoms with van der Waals surface area (Å²) in [6, 6.07) is 11.0. The van der Waals surface area contributed by atoms with E-state index in [-0.39, 0.29) is 19.1 Å². The van der Waals surface area contributed by atoms with Crippen molar-refractivity contribution in [1.29, 1.82) is 0 Å². The van der Waals surface area contributed by atoms with E-state index in [1.54, 1.807) is 6.20 Å². The van der Waals surface area contributed by atoms with Crippen LogP contribution in [0.1, 0.15) is 122 Å². The van der Waals surface area contributed by atoms with Gasteiger partial charge in [-0.15, -0.1) is 0 Å². The van der Waals surface area contributed by atoms with Gasteiger partial charge in [0, 0.05) is 12.6 Å². The number of carbonyl (C=O) groups excluding carboxylic acids is 1. The third kappa shape index (κ3) is 16.5. The molecule has 2 aromatic heterocycles. The van der Waals surface area contributed by atoms with Gasteiger partial charge in [-0.3, -0.25) is 9.78 Å². The summed E-state index contributed by atoms with van der Waals surface area (Å²) in [4.78, 5) is 21.6. The van der Waals surface area contributed by atoms with E-state index in [1.807, 2.05) is 48.6 Å². The number of unbranched alkanes of at least 4 members (excludes halogenated alkanes) is 13. The molecule has 2 aromatic rings. The molecule has 0 spiro atoms. The fraction of sp³-hybridized carbons (Fsp3) is 0.629. The van der Waals surface area contributed by atoms with Crippen molar-refractivity contribution in [3.8, 4) is 11.4 Å². The molecule has 41 heavy (non-hydrogen) atoms. The van der Waals surface area contributed by atoms with Crippen molar-refractivity contribution in [1.82, 2.24) is 15.3 Å². The highest BCUT2D eigenvalue weighted by Crippen LogP contribution is 2.15. The van der Waals surface area contributed by atoms with E-state index in [2.05, 4.69) is 29.1 Å². The molecule has 0 saturated carbocycles. The summed E-state index contributed by atoms with van der Waals surface area (Å²) in [6.07, 6.45) is 23.7. The van der Waals surface area contributed by atoms with Gasteiger partial charge in [-0.05, 0) is 43.5 Å². The van der Waals surface area contributed by atoms with E-state index in [9.17, 15) is 9.90 Å². The van der Waals surface area contributed by atoms with Crippen molar-refractivity contribution in [3.05, 3.63) is 60.4 Å². The topological polar surface area (TPSA) is 84.3 Å². The van der Waals surface area contributed by atoms with Crippen molar-refractivity contribution in [2.75, 3.05) is 6.61 Å². The number of nitrogens with zero attached hydrogens (tertiary/aromatic N) is 2. The number of rotatable bonds is 24. The third-order valence-corrected chi connectivity index (χ3v) is 7.36. The van der Waals surface area contributed by atoms with E-state index >= 15 is 0 Å². The van der Waals surface area contributed by atoms with E-state index < -0.39 is 12.1 Å². The molecule has 2 rings (SSSR count). The molecule has 2 atom stereocenters. The molecule has 0 aromatic carbocycles. The second-order valence-corrected chi connectivity index (χ2v) is 11.1. The van der Waals surface area contributed by atoms with Gasteiger partial charge in [0.1, 0.15) is 0 Å². The van der Waals surface area contributed by atoms with Crippen molar-refractivity contribution in [3.63, 3.8) is 0 Å². The molecule has 1 amide bonds. The lowest BCUT2D eigenvalue weighted by Gasteiger charge is -2.22. The fourth-order valence-corrected chi connectivity index (χ4v) is 4.84. The SMILES string of the molecule is CCCCCCCCCCCCC/C=C/[C@@H](O)C(COCc1cccc(-c2ccccn2)n1)NC(=O)CCCCC. The van der Waals surface area contributed by atoms with E-state index in [1.165, 1.54) is 64.2 Å². The Kier molecular flexibility index (Phi) is 19.5. The standard InChI is InChI=1S/C35H55N3O3/c1-3-5-7-8-9-10-11-12-13-14-15-16-18-25-34(39)33(38-35(40)26-17-6-4-2)29-41-28-30-22-21-24-32(37-30)31-23-19-20-27-36-31/h18-25,27,33-34,39H,3-17,26,28-29H2,1-2H3,(H,38,40)/b25-18+/t33?,34-/m1/s1. The molecular weight excluding hydrogens is 510 g/mol. The zero-order chi connectivity index (χ0) is 29.4. The first-order chi connectivity index (χ1) is 20.1. The number of ether oxygens (including phenoxy) is 1. The monoisotopic (exact) mass is 565 g/mol. The highest BCUT2D eigenvalue weighted by atomic mass is 16.5. The summed E-state index contributed by atoms with van der Waals surface area (Å²) in [5, 5.41) is 13.9. The minimum atomic E-state index is -0.800. The molecule has 6 heteroatoms. The first kappa shape index (κ1) is 34.6. The average Bonchev–Trinajstić information content (AvgIpc) is 2.99. The van der Waals surface area contributed by atoms with E-state index in [4.69, 9.17) is 4.74 Å². The van der Waals surface area contributed by atoms with Crippen LogP contribution in [0.25, 0.3) is 11.4 Å². The highest BCUT2D eigenvalue weighted by molar-refractivity contribution is 5.76. The Hall–Kier alpha value is -2.57. The molecule has 0 saturated heterocycles. The van der Waals surface area contributed by atoms with Crippen LogP contribution < -0.4 is 5.32 Å². The van der Waals surface area contributed by atoms with Crippen LogP contribution in [-0.2, 0) is 16.1 Å². The lowest BCUT2D eigenvalue weighted by molar-refractivity contribution is -0.123. The van der Waals surface area contributed by atoms with Gasteiger partial charge in [0.2, 0.25) is 5.91 Å². The zero-order valence-electron chi connectivity index (χ0n) is 25.7. The van der Waals surface area contributed by atoms with Crippen LogP contribution in [0.4, 0.5) is 0 Å². The second kappa shape index (κ2) is 23.0. The number of hydrogen-bond acceptors (Lipinski definition) is 5. The third-order valence-electron chi connectivity index (χ3n) is 7.36. The molecule has 0 aliphatic heterocycles. The second-order valence-electron chi connectivity index (χ2n) is 11.1. The Morgan fingerprint density at radius 3 is 2.20 bits per heavy atom. The lowest BCUT2D eigenvalue weighted by Crippen LogP contribution is -2.45. The molecule has 0 aliphatic carbocycles. The Morgan fingerprint density at radius 1 is 0.854 bits per heavy atom. The van der Waals surface area contributed by atoms with E-state index in [0.29, 0.717) is 6.42 Å².